The van der Waals surface area contributed by atoms with Crippen molar-refractivity contribution in [1.29, 1.82) is 0 Å². The molecule has 2 heterocycles. The van der Waals surface area contributed by atoms with Gasteiger partial charge in [0, 0.05) is 31.9 Å². The van der Waals surface area contributed by atoms with Crippen LogP contribution in [0.3, 0.4) is 0 Å². The Balaban J connectivity index is 1.96. The molecule has 0 aromatic carbocycles. The van der Waals surface area contributed by atoms with E-state index in [1.54, 1.807) is 0 Å². The van der Waals surface area contributed by atoms with Gasteiger partial charge in [0.05, 0.1) is 22.9 Å². The lowest BCUT2D eigenvalue weighted by Gasteiger charge is -2.34. The average Bonchev–Trinajstić information content (AvgIpc) is 2.46. The Morgan fingerprint density at radius 2 is 2.09 bits per heavy atom. The highest BCUT2D eigenvalue weighted by molar-refractivity contribution is 7.89. The van der Waals surface area contributed by atoms with E-state index in [0.717, 1.165) is 0 Å². The lowest BCUT2D eigenvalue weighted by Crippen LogP contribution is -2.49. The summed E-state index contributed by atoms with van der Waals surface area (Å²) in [6.07, 6.45) is 1.10. The van der Waals surface area contributed by atoms with Crippen LogP contribution in [0.2, 0.25) is 0 Å². The second kappa shape index (κ2) is 7.20. The van der Waals surface area contributed by atoms with Crippen molar-refractivity contribution in [2.45, 2.75) is 26.1 Å². The Morgan fingerprint density at radius 1 is 1.43 bits per heavy atom. The van der Waals surface area contributed by atoms with Crippen molar-refractivity contribution in [2.75, 3.05) is 30.7 Å². The smallest absolute Gasteiger partial charge is 0.311 e. The molecule has 0 saturated carbocycles. The fraction of sp³-hybridized carbons (Fsp3) is 0.615. The van der Waals surface area contributed by atoms with Gasteiger partial charge in [-0.05, 0) is 19.9 Å². The fourth-order valence-electron chi connectivity index (χ4n) is 2.47. The van der Waals surface area contributed by atoms with Crippen LogP contribution < -0.4 is 5.32 Å². The van der Waals surface area contributed by atoms with Crippen LogP contribution in [0.1, 0.15) is 13.8 Å². The molecule has 0 aliphatic carbocycles. The minimum Gasteiger partial charge on any atom is -0.373 e. The van der Waals surface area contributed by atoms with Gasteiger partial charge in [-0.15, -0.1) is 0 Å². The number of pyridine rings is 1. The Hall–Kier alpha value is -1.78. The minimum absolute atomic E-state index is 0.0420. The molecule has 1 fully saturated rings. The number of sulfonamides is 1. The van der Waals surface area contributed by atoms with Gasteiger partial charge >= 0.3 is 5.69 Å². The number of hydrogen-bond acceptors (Lipinski definition) is 7. The van der Waals surface area contributed by atoms with Crippen LogP contribution in [0.5, 0.6) is 0 Å². The lowest BCUT2D eigenvalue weighted by molar-refractivity contribution is -0.384. The molecule has 1 aliphatic heterocycles. The molecule has 2 unspecified atom stereocenters. The Kier molecular flexibility index (Phi) is 5.50. The first kappa shape index (κ1) is 17.6. The Labute approximate surface area is 134 Å². The molecule has 2 rings (SSSR count). The second-order valence-electron chi connectivity index (χ2n) is 5.45. The van der Waals surface area contributed by atoms with Crippen LogP contribution in [-0.2, 0) is 14.8 Å². The normalized spacial score (nSPS) is 22.7. The molecule has 23 heavy (non-hydrogen) atoms. The van der Waals surface area contributed by atoms with Gasteiger partial charge in [-0.25, -0.2) is 13.4 Å². The number of rotatable bonds is 6. The molecule has 2 atom stereocenters. The molecule has 10 heteroatoms. The lowest BCUT2D eigenvalue weighted by atomic mass is 10.3. The third kappa shape index (κ3) is 4.60. The van der Waals surface area contributed by atoms with Gasteiger partial charge in [0.1, 0.15) is 0 Å². The van der Waals surface area contributed by atoms with Crippen LogP contribution in [0.25, 0.3) is 0 Å². The number of aromatic nitrogens is 1. The summed E-state index contributed by atoms with van der Waals surface area (Å²) in [5, 5.41) is 13.6. The molecule has 9 nitrogen and oxygen atoms in total. The summed E-state index contributed by atoms with van der Waals surface area (Å²) in [7, 11) is -3.46. The van der Waals surface area contributed by atoms with E-state index < -0.39 is 14.9 Å². The monoisotopic (exact) mass is 344 g/mol. The van der Waals surface area contributed by atoms with Gasteiger partial charge in [-0.2, -0.15) is 4.31 Å². The van der Waals surface area contributed by atoms with Crippen LogP contribution >= 0.6 is 0 Å². The quantitative estimate of drug-likeness (QED) is 0.600. The maximum absolute atomic E-state index is 12.4. The number of ether oxygens (including phenoxy) is 1. The summed E-state index contributed by atoms with van der Waals surface area (Å²) < 4.78 is 31.6. The van der Waals surface area contributed by atoms with Gasteiger partial charge in [-0.1, -0.05) is 0 Å². The summed E-state index contributed by atoms with van der Waals surface area (Å²) in [4.78, 5) is 14.2. The van der Waals surface area contributed by atoms with E-state index >= 15 is 0 Å². The van der Waals surface area contributed by atoms with E-state index in [9.17, 15) is 18.5 Å². The summed E-state index contributed by atoms with van der Waals surface area (Å²) in [6, 6.07) is 2.77. The average molecular weight is 344 g/mol. The Bertz CT molecular complexity index is 656. The molecular weight excluding hydrogens is 324 g/mol. The largest absolute Gasteiger partial charge is 0.373 e. The van der Waals surface area contributed by atoms with Gasteiger partial charge in [0.2, 0.25) is 15.8 Å². The van der Waals surface area contributed by atoms with E-state index in [4.69, 9.17) is 4.74 Å². The van der Waals surface area contributed by atoms with Crippen molar-refractivity contribution in [2.24, 2.45) is 0 Å². The predicted octanol–water partition coefficient (Wildman–Crippen LogP) is 0.841. The van der Waals surface area contributed by atoms with Gasteiger partial charge < -0.3 is 10.1 Å². The highest BCUT2D eigenvalue weighted by atomic mass is 32.2. The maximum Gasteiger partial charge on any atom is 0.311 e. The number of nitrogens with zero attached hydrogens (tertiary/aromatic N) is 3. The summed E-state index contributed by atoms with van der Waals surface area (Å²) in [6.45, 7) is 4.33. The first-order chi connectivity index (χ1) is 10.8. The molecule has 1 aromatic heterocycles. The van der Waals surface area contributed by atoms with Gasteiger partial charge in [0.25, 0.3) is 0 Å². The maximum atomic E-state index is 12.4. The summed E-state index contributed by atoms with van der Waals surface area (Å²) in [5.74, 6) is -0.100. The molecule has 0 amide bonds. The van der Waals surface area contributed by atoms with E-state index in [1.165, 1.54) is 22.6 Å². The van der Waals surface area contributed by atoms with Crippen molar-refractivity contribution >= 4 is 21.5 Å². The van der Waals surface area contributed by atoms with E-state index in [1.807, 2.05) is 13.8 Å². The number of hydrogen-bond donors (Lipinski definition) is 1. The molecular formula is C13H20N4O5S. The van der Waals surface area contributed by atoms with Gasteiger partial charge in [-0.3, -0.25) is 10.1 Å². The van der Waals surface area contributed by atoms with Crippen LogP contribution in [0, 0.1) is 10.1 Å². The standard InChI is InChI=1S/C13H20N4O5S/c1-10-8-16(9-11(2)22-10)23(20,21)7-6-15-13-12(17(18)19)4-3-5-14-13/h3-5,10-11H,6-9H2,1-2H3,(H,14,15). The molecule has 1 aromatic rings. The third-order valence-electron chi connectivity index (χ3n) is 3.42. The van der Waals surface area contributed by atoms with Crippen LogP contribution in [0.15, 0.2) is 18.3 Å². The fourth-order valence-corrected chi connectivity index (χ4v) is 3.96. The molecule has 0 bridgehead atoms. The molecule has 1 saturated heterocycles. The van der Waals surface area contributed by atoms with Crippen LogP contribution in [-0.4, -0.2) is 60.2 Å². The zero-order valence-corrected chi connectivity index (χ0v) is 13.8. The Morgan fingerprint density at radius 3 is 2.70 bits per heavy atom. The zero-order valence-electron chi connectivity index (χ0n) is 13.0. The predicted molar refractivity (Wildman–Crippen MR) is 84.7 cm³/mol. The number of nitrogens with one attached hydrogen (secondary N) is 1. The number of anilines is 1. The number of morpholine rings is 1. The highest BCUT2D eigenvalue weighted by Gasteiger charge is 2.30. The molecule has 1 N–H and O–H groups in total. The van der Waals surface area contributed by atoms with Crippen LogP contribution in [0.4, 0.5) is 11.5 Å². The van der Waals surface area contributed by atoms with E-state index in [-0.39, 0.29) is 36.0 Å². The molecule has 1 aliphatic rings. The molecule has 0 radical (unpaired) electrons. The second-order valence-corrected chi connectivity index (χ2v) is 7.53. The van der Waals surface area contributed by atoms with E-state index in [2.05, 4.69) is 10.3 Å². The van der Waals surface area contributed by atoms with Crippen molar-refractivity contribution in [3.63, 3.8) is 0 Å². The molecule has 0 spiro atoms. The zero-order chi connectivity index (χ0) is 17.0. The first-order valence-electron chi connectivity index (χ1n) is 7.26. The van der Waals surface area contributed by atoms with Crippen molar-refractivity contribution in [3.05, 3.63) is 28.4 Å². The van der Waals surface area contributed by atoms with Gasteiger partial charge in [0.15, 0.2) is 0 Å². The SMILES string of the molecule is CC1CN(S(=O)(=O)CCNc2ncccc2[N+](=O)[O-])CC(C)O1. The number of nitro groups is 1. The summed E-state index contributed by atoms with van der Waals surface area (Å²) >= 11 is 0. The van der Waals surface area contributed by atoms with Crippen molar-refractivity contribution in [3.8, 4) is 0 Å². The van der Waals surface area contributed by atoms with Crippen molar-refractivity contribution in [1.82, 2.24) is 9.29 Å². The molecule has 128 valence electrons. The van der Waals surface area contributed by atoms with Crippen molar-refractivity contribution < 1.29 is 18.1 Å². The first-order valence-corrected chi connectivity index (χ1v) is 8.87. The summed E-state index contributed by atoms with van der Waals surface area (Å²) in [5.41, 5.74) is -0.182. The topological polar surface area (TPSA) is 115 Å². The third-order valence-corrected chi connectivity index (χ3v) is 5.22. The minimum atomic E-state index is -3.46. The van der Waals surface area contributed by atoms with E-state index in [0.29, 0.717) is 13.1 Å². The highest BCUT2D eigenvalue weighted by Crippen LogP contribution is 2.20.